The molecular formula is C18H25NOS4. The molecule has 0 aromatic heterocycles. The summed E-state index contributed by atoms with van der Waals surface area (Å²) < 4.78 is 0.296. The van der Waals surface area contributed by atoms with Crippen LogP contribution in [0.2, 0.25) is 0 Å². The molecule has 2 saturated heterocycles. The Morgan fingerprint density at radius 2 is 2.08 bits per heavy atom. The van der Waals surface area contributed by atoms with Crippen LogP contribution in [0, 0.1) is 0 Å². The second-order valence-electron chi connectivity index (χ2n) is 6.37. The van der Waals surface area contributed by atoms with Gasteiger partial charge in [-0.25, -0.2) is 0 Å². The van der Waals surface area contributed by atoms with Gasteiger partial charge in [0.15, 0.2) is 0 Å². The van der Waals surface area contributed by atoms with Crippen LogP contribution in [0.15, 0.2) is 24.3 Å². The summed E-state index contributed by atoms with van der Waals surface area (Å²) in [4.78, 5) is 14.1. The highest BCUT2D eigenvalue weighted by Crippen LogP contribution is 2.59. The molecule has 0 aliphatic carbocycles. The summed E-state index contributed by atoms with van der Waals surface area (Å²) in [5, 5.41) is 0. The highest BCUT2D eigenvalue weighted by molar-refractivity contribution is 8.18. The molecule has 1 spiro atoms. The topological polar surface area (TPSA) is 20.3 Å². The van der Waals surface area contributed by atoms with Gasteiger partial charge in [0.2, 0.25) is 0 Å². The fraction of sp³-hybridized carbons (Fsp3) is 0.611. The molecule has 3 rings (SSSR count). The Morgan fingerprint density at radius 3 is 2.79 bits per heavy atom. The van der Waals surface area contributed by atoms with E-state index in [0.29, 0.717) is 4.08 Å². The first-order valence-electron chi connectivity index (χ1n) is 8.44. The maximum absolute atomic E-state index is 11.7. The molecule has 1 aromatic rings. The SMILES string of the molecule is CN1CCC2(CC1(SCCS)c1ccccc1C=O)SCCCS2. The highest BCUT2D eigenvalue weighted by Gasteiger charge is 2.51. The molecule has 0 amide bonds. The quantitative estimate of drug-likeness (QED) is 0.575. The van der Waals surface area contributed by atoms with Crippen molar-refractivity contribution in [2.75, 3.05) is 36.6 Å². The van der Waals surface area contributed by atoms with Crippen molar-refractivity contribution in [1.82, 2.24) is 4.90 Å². The van der Waals surface area contributed by atoms with E-state index in [4.69, 9.17) is 0 Å². The van der Waals surface area contributed by atoms with Gasteiger partial charge in [-0.05, 0) is 42.7 Å². The lowest BCUT2D eigenvalue weighted by Gasteiger charge is -2.54. The van der Waals surface area contributed by atoms with Crippen molar-refractivity contribution < 1.29 is 4.79 Å². The normalized spacial score (nSPS) is 27.2. The first kappa shape index (κ1) is 19.0. The summed E-state index contributed by atoms with van der Waals surface area (Å²) in [7, 11) is 2.22. The van der Waals surface area contributed by atoms with Gasteiger partial charge in [0.25, 0.3) is 0 Å². The summed E-state index contributed by atoms with van der Waals surface area (Å²) in [5.41, 5.74) is 2.01. The summed E-state index contributed by atoms with van der Waals surface area (Å²) in [6, 6.07) is 8.15. The Kier molecular flexibility index (Phi) is 6.58. The predicted molar refractivity (Wildman–Crippen MR) is 114 cm³/mol. The van der Waals surface area contributed by atoms with E-state index in [9.17, 15) is 4.79 Å². The summed E-state index contributed by atoms with van der Waals surface area (Å²) in [6.07, 6.45) is 4.66. The molecule has 132 valence electrons. The van der Waals surface area contributed by atoms with Gasteiger partial charge >= 0.3 is 0 Å². The molecule has 0 N–H and O–H groups in total. The summed E-state index contributed by atoms with van der Waals surface area (Å²) in [6.45, 7) is 1.08. The summed E-state index contributed by atoms with van der Waals surface area (Å²) in [5.74, 6) is 4.38. The van der Waals surface area contributed by atoms with Gasteiger partial charge in [-0.15, -0.1) is 35.3 Å². The monoisotopic (exact) mass is 399 g/mol. The Hall–Kier alpha value is 0.250. The fourth-order valence-corrected chi connectivity index (χ4v) is 9.00. The Morgan fingerprint density at radius 1 is 1.33 bits per heavy atom. The number of nitrogens with zero attached hydrogens (tertiary/aromatic N) is 1. The van der Waals surface area contributed by atoms with E-state index in [1.54, 1.807) is 0 Å². The van der Waals surface area contributed by atoms with Crippen molar-refractivity contribution in [2.24, 2.45) is 0 Å². The molecule has 2 aliphatic rings. The maximum Gasteiger partial charge on any atom is 0.150 e. The zero-order valence-corrected chi connectivity index (χ0v) is 17.4. The molecule has 1 aromatic carbocycles. The van der Waals surface area contributed by atoms with E-state index in [1.807, 2.05) is 23.9 Å². The van der Waals surface area contributed by atoms with E-state index in [2.05, 4.69) is 60.2 Å². The third kappa shape index (κ3) is 3.68. The maximum atomic E-state index is 11.7. The van der Waals surface area contributed by atoms with Crippen molar-refractivity contribution in [2.45, 2.75) is 28.2 Å². The van der Waals surface area contributed by atoms with Crippen molar-refractivity contribution in [3.05, 3.63) is 35.4 Å². The first-order valence-corrected chi connectivity index (χ1v) is 12.0. The minimum Gasteiger partial charge on any atom is -0.298 e. The highest BCUT2D eigenvalue weighted by atomic mass is 32.2. The lowest BCUT2D eigenvalue weighted by Crippen LogP contribution is -2.53. The number of likely N-dealkylation sites (tertiary alicyclic amines) is 1. The van der Waals surface area contributed by atoms with Crippen LogP contribution in [0.5, 0.6) is 0 Å². The number of thiol groups is 1. The van der Waals surface area contributed by atoms with Crippen LogP contribution in [-0.4, -0.2) is 51.9 Å². The third-order valence-electron chi connectivity index (χ3n) is 4.91. The number of rotatable bonds is 5. The van der Waals surface area contributed by atoms with Crippen molar-refractivity contribution >= 4 is 54.2 Å². The van der Waals surface area contributed by atoms with Crippen molar-refractivity contribution in [1.29, 1.82) is 0 Å². The molecule has 6 heteroatoms. The second-order valence-corrected chi connectivity index (χ2v) is 11.4. The smallest absolute Gasteiger partial charge is 0.150 e. The Balaban J connectivity index is 2.03. The predicted octanol–water partition coefficient (Wildman–Crippen LogP) is 4.61. The zero-order chi connectivity index (χ0) is 17.0. The van der Waals surface area contributed by atoms with E-state index in [0.717, 1.165) is 36.3 Å². The molecule has 24 heavy (non-hydrogen) atoms. The van der Waals surface area contributed by atoms with E-state index in [-0.39, 0.29) is 4.87 Å². The van der Waals surface area contributed by atoms with Crippen LogP contribution in [0.3, 0.4) is 0 Å². The molecule has 1 unspecified atom stereocenters. The first-order chi connectivity index (χ1) is 11.7. The van der Waals surface area contributed by atoms with E-state index in [1.165, 1.54) is 29.9 Å². The van der Waals surface area contributed by atoms with Crippen LogP contribution < -0.4 is 0 Å². The van der Waals surface area contributed by atoms with Crippen LogP contribution in [-0.2, 0) is 4.87 Å². The molecule has 2 nitrogen and oxygen atoms in total. The number of thioether (sulfide) groups is 3. The number of piperidine rings is 1. The number of hydrogen-bond donors (Lipinski definition) is 1. The second kappa shape index (κ2) is 8.30. The third-order valence-corrected chi connectivity index (χ3v) is 10.4. The van der Waals surface area contributed by atoms with Gasteiger partial charge in [0.1, 0.15) is 6.29 Å². The minimum absolute atomic E-state index is 0.129. The molecule has 2 fully saturated rings. The molecular weight excluding hydrogens is 374 g/mol. The van der Waals surface area contributed by atoms with Crippen LogP contribution in [0.1, 0.15) is 35.2 Å². The average Bonchev–Trinajstić information content (AvgIpc) is 2.63. The average molecular weight is 400 g/mol. The van der Waals surface area contributed by atoms with Gasteiger partial charge in [-0.1, -0.05) is 24.3 Å². The summed E-state index contributed by atoms with van der Waals surface area (Å²) >= 11 is 10.7. The lowest BCUT2D eigenvalue weighted by molar-refractivity contribution is 0.111. The molecule has 1 atom stereocenters. The van der Waals surface area contributed by atoms with Crippen LogP contribution in [0.4, 0.5) is 0 Å². The molecule has 2 heterocycles. The van der Waals surface area contributed by atoms with Gasteiger partial charge in [-0.2, -0.15) is 12.6 Å². The molecule has 0 radical (unpaired) electrons. The number of aldehydes is 1. The number of hydrogen-bond acceptors (Lipinski definition) is 6. The zero-order valence-electron chi connectivity index (χ0n) is 14.1. The van der Waals surface area contributed by atoms with Gasteiger partial charge in [0, 0.05) is 24.3 Å². The number of benzene rings is 1. The Labute approximate surface area is 163 Å². The van der Waals surface area contributed by atoms with Crippen molar-refractivity contribution in [3.8, 4) is 0 Å². The largest absolute Gasteiger partial charge is 0.298 e. The van der Waals surface area contributed by atoms with Crippen LogP contribution >= 0.6 is 47.9 Å². The fourth-order valence-electron chi connectivity index (χ4n) is 3.68. The molecule has 0 bridgehead atoms. The van der Waals surface area contributed by atoms with Crippen molar-refractivity contribution in [3.63, 3.8) is 0 Å². The molecule has 2 aliphatic heterocycles. The standard InChI is InChI=1S/C18H25NOS4/c1-19-8-7-17(22-10-4-11-23-17)14-18(19,24-12-9-21)16-6-3-2-5-15(16)13-20/h2-3,5-6,13,21H,4,7-12,14H2,1H3. The van der Waals surface area contributed by atoms with Gasteiger partial charge < -0.3 is 0 Å². The van der Waals surface area contributed by atoms with Crippen LogP contribution in [0.25, 0.3) is 0 Å². The Bertz CT molecular complexity index is 576. The lowest BCUT2D eigenvalue weighted by atomic mass is 9.91. The van der Waals surface area contributed by atoms with Gasteiger partial charge in [0.05, 0.1) is 8.95 Å². The minimum atomic E-state index is -0.129. The van der Waals surface area contributed by atoms with E-state index >= 15 is 0 Å². The number of carbonyl (C=O) groups excluding carboxylic acids is 1. The number of carbonyl (C=O) groups is 1. The van der Waals surface area contributed by atoms with Gasteiger partial charge in [-0.3, -0.25) is 9.69 Å². The molecule has 0 saturated carbocycles. The van der Waals surface area contributed by atoms with E-state index < -0.39 is 0 Å².